The molecule has 4 aliphatic carbocycles. The molecule has 4 saturated carbocycles. The topological polar surface area (TPSA) is 46.3 Å². The molecule has 4 bridgehead atoms. The van der Waals surface area contributed by atoms with Crippen LogP contribution in [0.1, 0.15) is 51.4 Å². The predicted octanol–water partition coefficient (Wildman–Crippen LogP) is 2.15. The second kappa shape index (κ2) is 4.21. The molecule has 3 nitrogen and oxygen atoms in total. The summed E-state index contributed by atoms with van der Waals surface area (Å²) in [7, 11) is 0. The van der Waals surface area contributed by atoms with E-state index in [-0.39, 0.29) is 6.04 Å². The van der Waals surface area contributed by atoms with Crippen LogP contribution in [-0.4, -0.2) is 29.9 Å². The van der Waals surface area contributed by atoms with Gasteiger partial charge in [-0.25, -0.2) is 0 Å². The number of likely N-dealkylation sites (tertiary alicyclic amines) is 1. The van der Waals surface area contributed by atoms with Gasteiger partial charge in [0.15, 0.2) is 0 Å². The van der Waals surface area contributed by atoms with Crippen LogP contribution in [0.5, 0.6) is 0 Å². The van der Waals surface area contributed by atoms with Gasteiger partial charge in [0, 0.05) is 25.6 Å². The van der Waals surface area contributed by atoms with Crippen LogP contribution in [0.15, 0.2) is 0 Å². The number of rotatable bonds is 2. The van der Waals surface area contributed by atoms with Crippen molar-refractivity contribution in [1.29, 1.82) is 0 Å². The van der Waals surface area contributed by atoms with E-state index in [1.165, 1.54) is 38.5 Å². The van der Waals surface area contributed by atoms with E-state index in [4.69, 9.17) is 5.73 Å². The Morgan fingerprint density at radius 2 is 1.68 bits per heavy atom. The lowest BCUT2D eigenvalue weighted by molar-refractivity contribution is -0.138. The molecule has 0 aromatic rings. The molecule has 0 radical (unpaired) electrons. The normalized spacial score (nSPS) is 47.9. The van der Waals surface area contributed by atoms with Crippen molar-refractivity contribution in [3.8, 4) is 0 Å². The Kier molecular flexibility index (Phi) is 2.70. The lowest BCUT2D eigenvalue weighted by Crippen LogP contribution is -2.48. The zero-order valence-electron chi connectivity index (χ0n) is 11.8. The molecule has 19 heavy (non-hydrogen) atoms. The molecular weight excluding hydrogens is 236 g/mol. The fourth-order valence-electron chi connectivity index (χ4n) is 5.95. The van der Waals surface area contributed by atoms with E-state index in [2.05, 4.69) is 0 Å². The van der Waals surface area contributed by atoms with E-state index in [1.54, 1.807) is 0 Å². The van der Waals surface area contributed by atoms with Crippen molar-refractivity contribution in [2.24, 2.45) is 28.9 Å². The van der Waals surface area contributed by atoms with Crippen molar-refractivity contribution >= 4 is 5.91 Å². The van der Waals surface area contributed by atoms with Gasteiger partial charge in [-0.2, -0.15) is 0 Å². The first-order valence-electron chi connectivity index (χ1n) is 8.15. The zero-order chi connectivity index (χ0) is 13.0. The van der Waals surface area contributed by atoms with Gasteiger partial charge in [-0.3, -0.25) is 4.79 Å². The minimum Gasteiger partial charge on any atom is -0.341 e. The average molecular weight is 262 g/mol. The smallest absolute Gasteiger partial charge is 0.223 e. The fourth-order valence-corrected chi connectivity index (χ4v) is 5.95. The van der Waals surface area contributed by atoms with Crippen molar-refractivity contribution in [3.05, 3.63) is 0 Å². The zero-order valence-corrected chi connectivity index (χ0v) is 11.8. The highest BCUT2D eigenvalue weighted by molar-refractivity contribution is 5.77. The fraction of sp³-hybridized carbons (Fsp3) is 0.938. The van der Waals surface area contributed by atoms with Crippen molar-refractivity contribution in [2.75, 3.05) is 13.1 Å². The molecule has 1 atom stereocenters. The molecule has 0 aromatic heterocycles. The minimum absolute atomic E-state index is 0.223. The van der Waals surface area contributed by atoms with Gasteiger partial charge in [-0.15, -0.1) is 0 Å². The molecule has 1 unspecified atom stereocenters. The van der Waals surface area contributed by atoms with Crippen LogP contribution < -0.4 is 5.73 Å². The number of nitrogens with two attached hydrogens (primary N) is 1. The first-order chi connectivity index (χ1) is 9.12. The molecule has 1 amide bonds. The Labute approximate surface area is 115 Å². The summed E-state index contributed by atoms with van der Waals surface area (Å²) in [6, 6.07) is 0.223. The summed E-state index contributed by atoms with van der Waals surface area (Å²) in [5.74, 6) is 3.23. The summed E-state index contributed by atoms with van der Waals surface area (Å²) in [6.45, 7) is 1.69. The van der Waals surface area contributed by atoms with Gasteiger partial charge in [0.1, 0.15) is 0 Å². The summed E-state index contributed by atoms with van der Waals surface area (Å²) in [5.41, 5.74) is 6.32. The van der Waals surface area contributed by atoms with E-state index in [1.807, 2.05) is 4.90 Å². The number of carbonyl (C=O) groups is 1. The lowest BCUT2D eigenvalue weighted by atomic mass is 9.49. The summed E-state index contributed by atoms with van der Waals surface area (Å²) >= 11 is 0. The van der Waals surface area contributed by atoms with Gasteiger partial charge in [-0.05, 0) is 68.1 Å². The number of amides is 1. The van der Waals surface area contributed by atoms with E-state index in [0.717, 1.165) is 43.7 Å². The van der Waals surface area contributed by atoms with Crippen LogP contribution in [0.3, 0.4) is 0 Å². The summed E-state index contributed by atoms with van der Waals surface area (Å²) in [4.78, 5) is 14.6. The molecule has 5 aliphatic rings. The van der Waals surface area contributed by atoms with Crippen molar-refractivity contribution in [3.63, 3.8) is 0 Å². The van der Waals surface area contributed by atoms with Crippen LogP contribution in [0.25, 0.3) is 0 Å². The lowest BCUT2D eigenvalue weighted by Gasteiger charge is -2.56. The first-order valence-corrected chi connectivity index (χ1v) is 8.15. The van der Waals surface area contributed by atoms with Gasteiger partial charge in [0.2, 0.25) is 5.91 Å². The SMILES string of the molecule is NC1CCN(C(=O)CC23CC4CC(CC(C4)C2)C3)C1. The molecule has 1 aliphatic heterocycles. The van der Waals surface area contributed by atoms with Crippen LogP contribution in [0, 0.1) is 23.2 Å². The summed E-state index contributed by atoms with van der Waals surface area (Å²) in [5, 5.41) is 0. The van der Waals surface area contributed by atoms with Gasteiger partial charge >= 0.3 is 0 Å². The summed E-state index contributed by atoms with van der Waals surface area (Å²) in [6.07, 6.45) is 10.2. The maximum absolute atomic E-state index is 12.5. The second-order valence-corrected chi connectivity index (χ2v) is 7.98. The van der Waals surface area contributed by atoms with E-state index >= 15 is 0 Å². The molecular formula is C16H26N2O. The Balaban J connectivity index is 1.46. The maximum atomic E-state index is 12.5. The standard InChI is InChI=1S/C16H26N2O/c17-14-1-2-18(10-14)15(19)9-16-6-11-3-12(7-16)5-13(4-11)8-16/h11-14H,1-10,17H2. The molecule has 5 fully saturated rings. The first kappa shape index (κ1) is 12.2. The Bertz CT molecular complexity index is 357. The molecule has 5 rings (SSSR count). The molecule has 1 heterocycles. The largest absolute Gasteiger partial charge is 0.341 e. The number of hydrogen-bond donors (Lipinski definition) is 1. The molecule has 106 valence electrons. The van der Waals surface area contributed by atoms with Crippen molar-refractivity contribution in [2.45, 2.75) is 57.4 Å². The highest BCUT2D eigenvalue weighted by Crippen LogP contribution is 2.61. The highest BCUT2D eigenvalue weighted by Gasteiger charge is 2.51. The molecule has 3 heteroatoms. The molecule has 0 aromatic carbocycles. The number of hydrogen-bond acceptors (Lipinski definition) is 2. The van der Waals surface area contributed by atoms with Gasteiger partial charge in [0.25, 0.3) is 0 Å². The maximum Gasteiger partial charge on any atom is 0.223 e. The van der Waals surface area contributed by atoms with Gasteiger partial charge in [-0.1, -0.05) is 0 Å². The van der Waals surface area contributed by atoms with Gasteiger partial charge < -0.3 is 10.6 Å². The van der Waals surface area contributed by atoms with Crippen molar-refractivity contribution in [1.82, 2.24) is 4.90 Å². The third-order valence-corrected chi connectivity index (χ3v) is 6.27. The van der Waals surface area contributed by atoms with Gasteiger partial charge in [0.05, 0.1) is 0 Å². The van der Waals surface area contributed by atoms with Crippen molar-refractivity contribution < 1.29 is 4.79 Å². The van der Waals surface area contributed by atoms with Crippen LogP contribution in [0.2, 0.25) is 0 Å². The minimum atomic E-state index is 0.223. The van der Waals surface area contributed by atoms with Crippen LogP contribution >= 0.6 is 0 Å². The Morgan fingerprint density at radius 1 is 1.11 bits per heavy atom. The predicted molar refractivity (Wildman–Crippen MR) is 74.4 cm³/mol. The highest BCUT2D eigenvalue weighted by atomic mass is 16.2. The van der Waals surface area contributed by atoms with Crippen LogP contribution in [0.4, 0.5) is 0 Å². The molecule has 2 N–H and O–H groups in total. The summed E-state index contributed by atoms with van der Waals surface area (Å²) < 4.78 is 0. The van der Waals surface area contributed by atoms with E-state index in [9.17, 15) is 4.79 Å². The molecule has 1 saturated heterocycles. The third kappa shape index (κ3) is 2.10. The average Bonchev–Trinajstić information content (AvgIpc) is 2.73. The Hall–Kier alpha value is -0.570. The molecule has 0 spiro atoms. The van der Waals surface area contributed by atoms with E-state index < -0.39 is 0 Å². The monoisotopic (exact) mass is 262 g/mol. The van der Waals surface area contributed by atoms with Crippen LogP contribution in [-0.2, 0) is 4.79 Å². The number of nitrogens with zero attached hydrogens (tertiary/aromatic N) is 1. The second-order valence-electron chi connectivity index (χ2n) is 7.98. The number of carbonyl (C=O) groups excluding carboxylic acids is 1. The van der Waals surface area contributed by atoms with E-state index in [0.29, 0.717) is 11.3 Å². The third-order valence-electron chi connectivity index (χ3n) is 6.27. The Morgan fingerprint density at radius 3 is 2.16 bits per heavy atom. The quantitative estimate of drug-likeness (QED) is 0.829.